The Labute approximate surface area is 175 Å². The molecular weight excluding hydrogens is 416 g/mol. The summed E-state index contributed by atoms with van der Waals surface area (Å²) >= 11 is 7.69. The molecule has 0 spiro atoms. The third-order valence-corrected chi connectivity index (χ3v) is 6.22. The monoisotopic (exact) mass is 432 g/mol. The van der Waals surface area contributed by atoms with E-state index in [1.54, 1.807) is 23.3 Å². The van der Waals surface area contributed by atoms with E-state index in [0.29, 0.717) is 26.2 Å². The molecule has 3 aromatic rings. The van der Waals surface area contributed by atoms with Gasteiger partial charge in [0.15, 0.2) is 5.13 Å². The molecule has 2 aromatic carbocycles. The molecule has 0 saturated carbocycles. The molecule has 1 aliphatic heterocycles. The first kappa shape index (κ1) is 19.4. The van der Waals surface area contributed by atoms with Crippen LogP contribution in [0.3, 0.4) is 0 Å². The Morgan fingerprint density at radius 2 is 1.97 bits per heavy atom. The van der Waals surface area contributed by atoms with Gasteiger partial charge < -0.3 is 14.5 Å². The van der Waals surface area contributed by atoms with Gasteiger partial charge in [0.2, 0.25) is 0 Å². The second-order valence-corrected chi connectivity index (χ2v) is 7.95. The summed E-state index contributed by atoms with van der Waals surface area (Å²) in [5.41, 5.74) is 0.912. The SMILES string of the molecule is COc1ccc2nc(N3CCN(C(=O)c4cc([N+](=O)[O-])ccc4Cl)CC3)sc2c1. The Hall–Kier alpha value is -2.91. The molecule has 150 valence electrons. The highest BCUT2D eigenvalue weighted by molar-refractivity contribution is 7.22. The predicted octanol–water partition coefficient (Wildman–Crippen LogP) is 3.83. The molecule has 29 heavy (non-hydrogen) atoms. The number of anilines is 1. The van der Waals surface area contributed by atoms with E-state index >= 15 is 0 Å². The fourth-order valence-electron chi connectivity index (χ4n) is 3.22. The maximum absolute atomic E-state index is 12.8. The number of benzene rings is 2. The lowest BCUT2D eigenvalue weighted by atomic mass is 10.1. The number of fused-ring (bicyclic) bond motifs is 1. The number of thiazole rings is 1. The fourth-order valence-corrected chi connectivity index (χ4v) is 4.46. The third-order valence-electron chi connectivity index (χ3n) is 4.81. The number of rotatable bonds is 4. The van der Waals surface area contributed by atoms with Crippen molar-refractivity contribution in [3.05, 3.63) is 57.1 Å². The maximum atomic E-state index is 12.8. The molecule has 1 fully saturated rings. The molecule has 0 atom stereocenters. The zero-order chi connectivity index (χ0) is 20.5. The Morgan fingerprint density at radius 1 is 1.21 bits per heavy atom. The highest BCUT2D eigenvalue weighted by Crippen LogP contribution is 2.32. The minimum absolute atomic E-state index is 0.152. The molecule has 2 heterocycles. The number of nitrogens with zero attached hydrogens (tertiary/aromatic N) is 4. The van der Waals surface area contributed by atoms with Gasteiger partial charge in [0.25, 0.3) is 11.6 Å². The van der Waals surface area contributed by atoms with Crippen LogP contribution in [0.2, 0.25) is 5.02 Å². The van der Waals surface area contributed by atoms with E-state index in [4.69, 9.17) is 16.3 Å². The van der Waals surface area contributed by atoms with E-state index in [1.807, 2.05) is 18.2 Å². The molecule has 1 aliphatic rings. The number of piperazine rings is 1. The predicted molar refractivity (Wildman–Crippen MR) is 112 cm³/mol. The van der Waals surface area contributed by atoms with Gasteiger partial charge in [0.05, 0.1) is 32.8 Å². The first-order chi connectivity index (χ1) is 14.0. The summed E-state index contributed by atoms with van der Waals surface area (Å²) in [6.45, 7) is 2.21. The zero-order valence-electron chi connectivity index (χ0n) is 15.5. The number of amides is 1. The topological polar surface area (TPSA) is 88.8 Å². The van der Waals surface area contributed by atoms with Gasteiger partial charge in [0.1, 0.15) is 5.75 Å². The van der Waals surface area contributed by atoms with Crippen LogP contribution in [0, 0.1) is 10.1 Å². The van der Waals surface area contributed by atoms with E-state index < -0.39 is 4.92 Å². The molecule has 0 aliphatic carbocycles. The summed E-state index contributed by atoms with van der Waals surface area (Å²) in [5, 5.41) is 12.1. The Bertz CT molecular complexity index is 1100. The molecule has 0 bridgehead atoms. The lowest BCUT2D eigenvalue weighted by molar-refractivity contribution is -0.384. The van der Waals surface area contributed by atoms with Crippen molar-refractivity contribution in [3.63, 3.8) is 0 Å². The van der Waals surface area contributed by atoms with E-state index in [2.05, 4.69) is 9.88 Å². The van der Waals surface area contributed by atoms with Crippen LogP contribution in [0.5, 0.6) is 5.75 Å². The Kier molecular flexibility index (Phi) is 5.25. The Morgan fingerprint density at radius 3 is 2.66 bits per heavy atom. The number of carbonyl (C=O) groups excluding carboxylic acids is 1. The lowest BCUT2D eigenvalue weighted by Gasteiger charge is -2.34. The highest BCUT2D eigenvalue weighted by Gasteiger charge is 2.26. The van der Waals surface area contributed by atoms with Crippen LogP contribution >= 0.6 is 22.9 Å². The summed E-state index contributed by atoms with van der Waals surface area (Å²) in [4.78, 5) is 31.8. The molecule has 1 aromatic heterocycles. The average Bonchev–Trinajstić information content (AvgIpc) is 3.16. The number of nitro benzene ring substituents is 1. The van der Waals surface area contributed by atoms with Gasteiger partial charge >= 0.3 is 0 Å². The number of ether oxygens (including phenoxy) is 1. The first-order valence-corrected chi connectivity index (χ1v) is 10.1. The van der Waals surface area contributed by atoms with Gasteiger partial charge in [-0.3, -0.25) is 14.9 Å². The number of carbonyl (C=O) groups is 1. The van der Waals surface area contributed by atoms with E-state index in [1.165, 1.54) is 18.2 Å². The molecule has 10 heteroatoms. The summed E-state index contributed by atoms with van der Waals surface area (Å²) in [6.07, 6.45) is 0. The molecule has 8 nitrogen and oxygen atoms in total. The van der Waals surface area contributed by atoms with Gasteiger partial charge in [-0.05, 0) is 24.3 Å². The van der Waals surface area contributed by atoms with Gasteiger partial charge in [-0.15, -0.1) is 0 Å². The molecule has 0 unspecified atom stereocenters. The van der Waals surface area contributed by atoms with Crippen LogP contribution in [-0.4, -0.2) is 54.0 Å². The summed E-state index contributed by atoms with van der Waals surface area (Å²) < 4.78 is 6.30. The second kappa shape index (κ2) is 7.84. The van der Waals surface area contributed by atoms with Gasteiger partial charge in [-0.1, -0.05) is 22.9 Å². The van der Waals surface area contributed by atoms with Gasteiger partial charge in [0, 0.05) is 38.3 Å². The smallest absolute Gasteiger partial charge is 0.270 e. The molecule has 0 radical (unpaired) electrons. The van der Waals surface area contributed by atoms with Crippen LogP contribution in [0.1, 0.15) is 10.4 Å². The van der Waals surface area contributed by atoms with Crippen molar-refractivity contribution < 1.29 is 14.5 Å². The summed E-state index contributed by atoms with van der Waals surface area (Å²) in [6, 6.07) is 9.68. The number of non-ortho nitro benzene ring substituents is 1. The largest absolute Gasteiger partial charge is 0.497 e. The van der Waals surface area contributed by atoms with Crippen molar-refractivity contribution in [3.8, 4) is 5.75 Å². The number of hydrogen-bond acceptors (Lipinski definition) is 7. The minimum atomic E-state index is -0.535. The van der Waals surface area contributed by atoms with Crippen LogP contribution in [0.4, 0.5) is 10.8 Å². The van der Waals surface area contributed by atoms with Crippen molar-refractivity contribution >= 4 is 49.9 Å². The van der Waals surface area contributed by atoms with Crippen LogP contribution in [0.25, 0.3) is 10.2 Å². The summed E-state index contributed by atoms with van der Waals surface area (Å²) in [5.74, 6) is 0.490. The van der Waals surface area contributed by atoms with Crippen molar-refractivity contribution in [1.29, 1.82) is 0 Å². The van der Waals surface area contributed by atoms with E-state index in [0.717, 1.165) is 21.1 Å². The van der Waals surface area contributed by atoms with E-state index in [-0.39, 0.29) is 22.2 Å². The normalized spacial score (nSPS) is 14.3. The van der Waals surface area contributed by atoms with Crippen LogP contribution in [-0.2, 0) is 0 Å². The standard InChI is InChI=1S/C19H17ClN4O4S/c1-28-13-3-5-16-17(11-13)29-19(21-16)23-8-6-22(7-9-23)18(25)14-10-12(24(26)27)2-4-15(14)20/h2-5,10-11H,6-9H2,1H3. The Balaban J connectivity index is 1.47. The van der Waals surface area contributed by atoms with Gasteiger partial charge in [-0.25, -0.2) is 4.98 Å². The fraction of sp³-hybridized carbons (Fsp3) is 0.263. The number of halogens is 1. The molecular formula is C19H17ClN4O4S. The van der Waals surface area contributed by atoms with Crippen LogP contribution in [0.15, 0.2) is 36.4 Å². The van der Waals surface area contributed by atoms with E-state index in [9.17, 15) is 14.9 Å². The lowest BCUT2D eigenvalue weighted by Crippen LogP contribution is -2.48. The number of methoxy groups -OCH3 is 1. The number of hydrogen-bond donors (Lipinski definition) is 0. The highest BCUT2D eigenvalue weighted by atomic mass is 35.5. The summed E-state index contributed by atoms with van der Waals surface area (Å²) in [7, 11) is 1.63. The van der Waals surface area contributed by atoms with Crippen molar-refractivity contribution in [1.82, 2.24) is 9.88 Å². The number of nitro groups is 1. The second-order valence-electron chi connectivity index (χ2n) is 6.53. The molecule has 1 amide bonds. The average molecular weight is 433 g/mol. The first-order valence-electron chi connectivity index (χ1n) is 8.89. The number of aromatic nitrogens is 1. The minimum Gasteiger partial charge on any atom is -0.497 e. The molecule has 4 rings (SSSR count). The van der Waals surface area contributed by atoms with Gasteiger partial charge in [-0.2, -0.15) is 0 Å². The van der Waals surface area contributed by atoms with Crippen molar-refractivity contribution in [2.24, 2.45) is 0 Å². The maximum Gasteiger partial charge on any atom is 0.270 e. The quantitative estimate of drug-likeness (QED) is 0.460. The molecule has 1 saturated heterocycles. The van der Waals surface area contributed by atoms with Crippen LogP contribution < -0.4 is 9.64 Å². The third kappa shape index (κ3) is 3.83. The van der Waals surface area contributed by atoms with Crippen molar-refractivity contribution in [2.45, 2.75) is 0 Å². The zero-order valence-corrected chi connectivity index (χ0v) is 17.1. The molecule has 0 N–H and O–H groups in total. The van der Waals surface area contributed by atoms with Crippen molar-refractivity contribution in [2.75, 3.05) is 38.2 Å².